The average Bonchev–Trinajstić information content (AvgIpc) is 3.43. The van der Waals surface area contributed by atoms with Crippen LogP contribution in [0.2, 0.25) is 0 Å². The Morgan fingerprint density at radius 3 is 2.94 bits per heavy atom. The van der Waals surface area contributed by atoms with Crippen LogP contribution in [0.3, 0.4) is 0 Å². The highest BCUT2D eigenvalue weighted by Gasteiger charge is 2.22. The van der Waals surface area contributed by atoms with E-state index in [0.717, 1.165) is 37.9 Å². The van der Waals surface area contributed by atoms with Gasteiger partial charge in [-0.15, -0.1) is 0 Å². The number of carbonyl (C=O) groups is 1. The summed E-state index contributed by atoms with van der Waals surface area (Å²) >= 11 is 0. The molecule has 4 aromatic rings. The number of rotatable bonds is 6. The first-order valence-corrected chi connectivity index (χ1v) is 10.7. The number of aryl methyl sites for hydroxylation is 2. The molecule has 2 aromatic heterocycles. The van der Waals surface area contributed by atoms with Gasteiger partial charge in [-0.25, -0.2) is 9.78 Å². The summed E-state index contributed by atoms with van der Waals surface area (Å²) in [6.07, 6.45) is 8.06. The topological polar surface area (TPSA) is 58.2 Å². The monoisotopic (exact) mass is 411 g/mol. The molecular weight excluding hydrogens is 386 g/mol. The van der Waals surface area contributed by atoms with Gasteiger partial charge in [-0.05, 0) is 66.6 Å². The number of para-hydroxylation sites is 1. The summed E-state index contributed by atoms with van der Waals surface area (Å²) < 4.78 is 4.81. The molecule has 3 heterocycles. The SMILES string of the molecule is COC(=O)c1cc(N2CCc3cc(CCCc4c[nH]c5ccccc45)ccc32)ccn1. The molecule has 0 radical (unpaired) electrons. The first kappa shape index (κ1) is 19.4. The van der Waals surface area contributed by atoms with Crippen molar-refractivity contribution < 1.29 is 9.53 Å². The molecule has 156 valence electrons. The van der Waals surface area contributed by atoms with E-state index in [1.807, 2.05) is 6.07 Å². The van der Waals surface area contributed by atoms with E-state index in [1.165, 1.54) is 40.4 Å². The number of hydrogen-bond acceptors (Lipinski definition) is 4. The molecule has 0 spiro atoms. The Labute approximate surface area is 181 Å². The van der Waals surface area contributed by atoms with E-state index in [1.54, 1.807) is 12.3 Å². The number of pyridine rings is 1. The van der Waals surface area contributed by atoms with Gasteiger partial charge in [0.25, 0.3) is 0 Å². The van der Waals surface area contributed by atoms with Gasteiger partial charge in [-0.3, -0.25) is 0 Å². The molecule has 5 nitrogen and oxygen atoms in total. The number of nitrogens with zero attached hydrogens (tertiary/aromatic N) is 2. The number of carbonyl (C=O) groups excluding carboxylic acids is 1. The molecule has 0 unspecified atom stereocenters. The minimum atomic E-state index is -0.410. The summed E-state index contributed by atoms with van der Waals surface area (Å²) in [6.45, 7) is 0.902. The molecule has 0 bridgehead atoms. The molecule has 1 aliphatic heterocycles. The van der Waals surface area contributed by atoms with Gasteiger partial charge >= 0.3 is 5.97 Å². The van der Waals surface area contributed by atoms with E-state index in [9.17, 15) is 4.79 Å². The van der Waals surface area contributed by atoms with Crippen LogP contribution in [0.25, 0.3) is 10.9 Å². The number of benzene rings is 2. The molecule has 5 heteroatoms. The number of nitrogens with one attached hydrogen (secondary N) is 1. The molecule has 1 N–H and O–H groups in total. The third-order valence-corrected chi connectivity index (χ3v) is 6.08. The summed E-state index contributed by atoms with van der Waals surface area (Å²) in [5.41, 5.74) is 7.86. The maximum Gasteiger partial charge on any atom is 0.356 e. The molecule has 0 amide bonds. The average molecular weight is 412 g/mol. The van der Waals surface area contributed by atoms with Crippen molar-refractivity contribution in [1.82, 2.24) is 9.97 Å². The second kappa shape index (κ2) is 8.26. The van der Waals surface area contributed by atoms with Crippen molar-refractivity contribution in [1.29, 1.82) is 0 Å². The van der Waals surface area contributed by atoms with Gasteiger partial charge in [-0.2, -0.15) is 0 Å². The standard InChI is InChI=1S/C26H25N3O2/c1-31-26(30)24-16-21(11-13-27-24)29-14-12-19-15-18(9-10-25(19)29)5-4-6-20-17-28-23-8-3-2-7-22(20)23/h2-3,7-11,13,15-17,28H,4-6,12,14H2,1H3. The van der Waals surface area contributed by atoms with Gasteiger partial charge in [0.1, 0.15) is 5.69 Å². The lowest BCUT2D eigenvalue weighted by Gasteiger charge is -2.20. The number of methoxy groups -OCH3 is 1. The van der Waals surface area contributed by atoms with Crippen LogP contribution >= 0.6 is 0 Å². The molecular formula is C26H25N3O2. The van der Waals surface area contributed by atoms with Crippen LogP contribution in [0, 0.1) is 0 Å². The van der Waals surface area contributed by atoms with E-state index in [0.29, 0.717) is 5.69 Å². The molecule has 1 aliphatic rings. The van der Waals surface area contributed by atoms with Crippen LogP contribution < -0.4 is 4.90 Å². The van der Waals surface area contributed by atoms with Crippen molar-refractivity contribution in [3.05, 3.63) is 89.4 Å². The second-order valence-electron chi connectivity index (χ2n) is 7.97. The van der Waals surface area contributed by atoms with E-state index in [4.69, 9.17) is 4.74 Å². The Morgan fingerprint density at radius 2 is 2.03 bits per heavy atom. The van der Waals surface area contributed by atoms with Gasteiger partial charge < -0.3 is 14.6 Å². The van der Waals surface area contributed by atoms with Crippen LogP contribution in [0.15, 0.2) is 67.0 Å². The fourth-order valence-corrected chi connectivity index (χ4v) is 4.50. The molecule has 5 rings (SSSR count). The summed E-state index contributed by atoms with van der Waals surface area (Å²) in [4.78, 5) is 21.6. The minimum absolute atomic E-state index is 0.336. The van der Waals surface area contributed by atoms with Crippen LogP contribution in [0.1, 0.15) is 33.6 Å². The second-order valence-corrected chi connectivity index (χ2v) is 7.97. The molecule has 0 saturated carbocycles. The largest absolute Gasteiger partial charge is 0.464 e. The number of esters is 1. The zero-order valence-corrected chi connectivity index (χ0v) is 17.6. The number of fused-ring (bicyclic) bond motifs is 2. The molecule has 0 atom stereocenters. The third-order valence-electron chi connectivity index (χ3n) is 6.08. The van der Waals surface area contributed by atoms with E-state index in [2.05, 4.69) is 63.5 Å². The smallest absolute Gasteiger partial charge is 0.356 e. The lowest BCUT2D eigenvalue weighted by molar-refractivity contribution is 0.0594. The highest BCUT2D eigenvalue weighted by Crippen LogP contribution is 2.35. The van der Waals surface area contributed by atoms with Gasteiger partial charge in [0.05, 0.1) is 7.11 Å². The van der Waals surface area contributed by atoms with E-state index in [-0.39, 0.29) is 0 Å². The Hall–Kier alpha value is -3.60. The van der Waals surface area contributed by atoms with Gasteiger partial charge in [0.15, 0.2) is 0 Å². The van der Waals surface area contributed by atoms with Crippen molar-refractivity contribution in [3.8, 4) is 0 Å². The van der Waals surface area contributed by atoms with E-state index < -0.39 is 5.97 Å². The normalized spacial score (nSPS) is 12.9. The number of hydrogen-bond donors (Lipinski definition) is 1. The summed E-state index contributed by atoms with van der Waals surface area (Å²) in [7, 11) is 1.38. The number of anilines is 2. The van der Waals surface area contributed by atoms with Crippen molar-refractivity contribution in [2.45, 2.75) is 25.7 Å². The number of aromatic amines is 1. The lowest BCUT2D eigenvalue weighted by Crippen LogP contribution is -2.14. The van der Waals surface area contributed by atoms with Crippen LogP contribution in [-0.2, 0) is 24.0 Å². The number of aromatic nitrogens is 2. The summed E-state index contributed by atoms with van der Waals surface area (Å²) in [5.74, 6) is -0.410. The molecule has 0 fully saturated rings. The maximum atomic E-state index is 11.8. The van der Waals surface area contributed by atoms with Crippen LogP contribution in [-0.4, -0.2) is 29.6 Å². The minimum Gasteiger partial charge on any atom is -0.464 e. The Morgan fingerprint density at radius 1 is 1.13 bits per heavy atom. The third kappa shape index (κ3) is 3.79. The van der Waals surface area contributed by atoms with Gasteiger partial charge in [-0.1, -0.05) is 30.3 Å². The van der Waals surface area contributed by atoms with Crippen molar-refractivity contribution in [2.75, 3.05) is 18.6 Å². The maximum absolute atomic E-state index is 11.8. The summed E-state index contributed by atoms with van der Waals surface area (Å²) in [6, 6.07) is 19.0. The van der Waals surface area contributed by atoms with E-state index >= 15 is 0 Å². The molecule has 31 heavy (non-hydrogen) atoms. The molecule has 0 saturated heterocycles. The highest BCUT2D eigenvalue weighted by molar-refractivity contribution is 5.88. The van der Waals surface area contributed by atoms with Crippen LogP contribution in [0.5, 0.6) is 0 Å². The van der Waals surface area contributed by atoms with Gasteiger partial charge in [0, 0.05) is 41.2 Å². The highest BCUT2D eigenvalue weighted by atomic mass is 16.5. The van der Waals surface area contributed by atoms with Gasteiger partial charge in [0.2, 0.25) is 0 Å². The fourth-order valence-electron chi connectivity index (χ4n) is 4.50. The zero-order valence-electron chi connectivity index (χ0n) is 17.6. The lowest BCUT2D eigenvalue weighted by atomic mass is 10.0. The summed E-state index contributed by atoms with van der Waals surface area (Å²) in [5, 5.41) is 1.33. The first-order chi connectivity index (χ1) is 15.2. The molecule has 2 aromatic carbocycles. The first-order valence-electron chi connectivity index (χ1n) is 10.7. The zero-order chi connectivity index (χ0) is 21.2. The predicted octanol–water partition coefficient (Wildman–Crippen LogP) is 5.22. The Balaban J connectivity index is 1.28. The Bertz CT molecular complexity index is 1240. The van der Waals surface area contributed by atoms with Crippen molar-refractivity contribution in [2.24, 2.45) is 0 Å². The number of H-pyrrole nitrogens is 1. The van der Waals surface area contributed by atoms with Crippen molar-refractivity contribution >= 4 is 28.2 Å². The quantitative estimate of drug-likeness (QED) is 0.442. The fraction of sp³-hybridized carbons (Fsp3) is 0.231. The predicted molar refractivity (Wildman–Crippen MR) is 123 cm³/mol. The number of ether oxygens (including phenoxy) is 1. The molecule has 0 aliphatic carbocycles. The van der Waals surface area contributed by atoms with Crippen molar-refractivity contribution in [3.63, 3.8) is 0 Å². The Kier molecular flexibility index (Phi) is 5.16. The van der Waals surface area contributed by atoms with Crippen LogP contribution in [0.4, 0.5) is 11.4 Å².